The standard InChI is InChI=1S/C26H17ClF4N2O6S/c1-2-38-22-10-14(6-8-21(22)39-20-9-7-15(26(29,30)31)12-19(20)33(36)37)11-23-24(34)32(25(35)40-23)13-16-17(27)4-3-5-18(16)28/h3-12H,2,13H2,1H3/b23-11-. The van der Waals surface area contributed by atoms with Crippen LogP contribution in [-0.2, 0) is 17.5 Å². The maximum Gasteiger partial charge on any atom is 0.416 e. The number of halogens is 5. The van der Waals surface area contributed by atoms with E-state index in [2.05, 4.69) is 0 Å². The Balaban J connectivity index is 1.61. The number of hydrogen-bond donors (Lipinski definition) is 0. The number of carbonyl (C=O) groups excluding carboxylic acids is 2. The van der Waals surface area contributed by atoms with Crippen LogP contribution in [0.1, 0.15) is 23.6 Å². The third kappa shape index (κ3) is 6.20. The number of ether oxygens (including phenoxy) is 2. The zero-order chi connectivity index (χ0) is 29.2. The van der Waals surface area contributed by atoms with Crippen LogP contribution in [0.2, 0.25) is 5.02 Å². The van der Waals surface area contributed by atoms with Crippen LogP contribution >= 0.6 is 23.4 Å². The molecule has 1 aliphatic rings. The predicted molar refractivity (Wildman–Crippen MR) is 139 cm³/mol. The van der Waals surface area contributed by atoms with Gasteiger partial charge in [0.2, 0.25) is 5.75 Å². The number of nitrogens with zero attached hydrogens (tertiary/aromatic N) is 2. The molecule has 0 spiro atoms. The van der Waals surface area contributed by atoms with Gasteiger partial charge in [-0.1, -0.05) is 23.7 Å². The van der Waals surface area contributed by atoms with Gasteiger partial charge in [-0.3, -0.25) is 24.6 Å². The molecule has 0 unspecified atom stereocenters. The molecule has 3 aromatic rings. The molecule has 208 valence electrons. The summed E-state index contributed by atoms with van der Waals surface area (Å²) >= 11 is 6.66. The lowest BCUT2D eigenvalue weighted by Gasteiger charge is -2.14. The number of thioether (sulfide) groups is 1. The van der Waals surface area contributed by atoms with Crippen LogP contribution in [0.5, 0.6) is 17.2 Å². The van der Waals surface area contributed by atoms with Crippen molar-refractivity contribution in [2.24, 2.45) is 0 Å². The largest absolute Gasteiger partial charge is 0.490 e. The molecule has 0 radical (unpaired) electrons. The molecule has 0 atom stereocenters. The summed E-state index contributed by atoms with van der Waals surface area (Å²) in [4.78, 5) is 36.7. The van der Waals surface area contributed by atoms with Gasteiger partial charge in [0.25, 0.3) is 11.1 Å². The number of rotatable bonds is 8. The first-order valence-electron chi connectivity index (χ1n) is 11.4. The van der Waals surface area contributed by atoms with Gasteiger partial charge in [-0.25, -0.2) is 4.39 Å². The molecule has 40 heavy (non-hydrogen) atoms. The molecule has 0 aliphatic carbocycles. The Labute approximate surface area is 233 Å². The molecule has 1 heterocycles. The molecule has 1 fully saturated rings. The van der Waals surface area contributed by atoms with E-state index in [0.29, 0.717) is 29.5 Å². The van der Waals surface area contributed by atoms with Gasteiger partial charge in [-0.2, -0.15) is 13.2 Å². The minimum atomic E-state index is -4.79. The van der Waals surface area contributed by atoms with Crippen molar-refractivity contribution >= 4 is 46.3 Å². The van der Waals surface area contributed by atoms with Crippen LogP contribution < -0.4 is 9.47 Å². The first-order valence-corrected chi connectivity index (χ1v) is 12.6. The van der Waals surface area contributed by atoms with E-state index in [1.807, 2.05) is 0 Å². The van der Waals surface area contributed by atoms with Crippen molar-refractivity contribution in [2.45, 2.75) is 19.6 Å². The van der Waals surface area contributed by atoms with Crippen molar-refractivity contribution in [3.63, 3.8) is 0 Å². The molecule has 0 bridgehead atoms. The normalized spacial score (nSPS) is 14.7. The van der Waals surface area contributed by atoms with Crippen molar-refractivity contribution in [3.05, 3.63) is 97.1 Å². The van der Waals surface area contributed by atoms with Gasteiger partial charge in [0.1, 0.15) is 5.82 Å². The van der Waals surface area contributed by atoms with E-state index >= 15 is 0 Å². The van der Waals surface area contributed by atoms with E-state index < -0.39 is 45.1 Å². The van der Waals surface area contributed by atoms with Crippen molar-refractivity contribution in [2.75, 3.05) is 6.61 Å². The highest BCUT2D eigenvalue weighted by Crippen LogP contribution is 2.41. The molecule has 1 saturated heterocycles. The van der Waals surface area contributed by atoms with Crippen molar-refractivity contribution in [1.82, 2.24) is 4.90 Å². The minimum Gasteiger partial charge on any atom is -0.490 e. The zero-order valence-corrected chi connectivity index (χ0v) is 21.9. The Morgan fingerprint density at radius 2 is 1.80 bits per heavy atom. The summed E-state index contributed by atoms with van der Waals surface area (Å²) in [6, 6.07) is 10.1. The fourth-order valence-corrected chi connectivity index (χ4v) is 4.70. The second kappa shape index (κ2) is 11.6. The molecule has 0 N–H and O–H groups in total. The van der Waals surface area contributed by atoms with Crippen LogP contribution in [0, 0.1) is 15.9 Å². The molecule has 1 aliphatic heterocycles. The fraction of sp³-hybridized carbons (Fsp3) is 0.154. The molecule has 0 saturated carbocycles. The maximum atomic E-state index is 14.2. The summed E-state index contributed by atoms with van der Waals surface area (Å²) in [7, 11) is 0. The van der Waals surface area contributed by atoms with E-state index in [1.165, 1.54) is 36.4 Å². The highest BCUT2D eigenvalue weighted by atomic mass is 35.5. The molecule has 14 heteroatoms. The zero-order valence-electron chi connectivity index (χ0n) is 20.3. The summed E-state index contributed by atoms with van der Waals surface area (Å²) in [5.41, 5.74) is -1.74. The van der Waals surface area contributed by atoms with Gasteiger partial charge >= 0.3 is 11.9 Å². The van der Waals surface area contributed by atoms with E-state index in [0.717, 1.165) is 17.0 Å². The number of nitro groups is 1. The molecule has 4 rings (SSSR count). The Morgan fingerprint density at radius 1 is 1.07 bits per heavy atom. The summed E-state index contributed by atoms with van der Waals surface area (Å²) < 4.78 is 64.4. The Kier molecular flexibility index (Phi) is 8.35. The lowest BCUT2D eigenvalue weighted by Crippen LogP contribution is -2.28. The topological polar surface area (TPSA) is 99.0 Å². The summed E-state index contributed by atoms with van der Waals surface area (Å²) in [6.07, 6.45) is -3.40. The maximum absolute atomic E-state index is 14.2. The summed E-state index contributed by atoms with van der Waals surface area (Å²) in [6.45, 7) is 1.42. The van der Waals surface area contributed by atoms with Crippen LogP contribution in [0.4, 0.5) is 28.0 Å². The average molecular weight is 597 g/mol. The van der Waals surface area contributed by atoms with Crippen molar-refractivity contribution in [1.29, 1.82) is 0 Å². The van der Waals surface area contributed by atoms with E-state index in [-0.39, 0.29) is 40.1 Å². The highest BCUT2D eigenvalue weighted by Gasteiger charge is 2.36. The molecule has 2 amide bonds. The number of benzene rings is 3. The smallest absolute Gasteiger partial charge is 0.416 e. The van der Waals surface area contributed by atoms with Crippen molar-refractivity contribution in [3.8, 4) is 17.2 Å². The first kappa shape index (κ1) is 28.9. The molecule has 8 nitrogen and oxygen atoms in total. The fourth-order valence-electron chi connectivity index (χ4n) is 3.64. The number of carbonyl (C=O) groups is 2. The van der Waals surface area contributed by atoms with Crippen LogP contribution in [0.15, 0.2) is 59.5 Å². The Morgan fingerprint density at radius 3 is 2.45 bits per heavy atom. The lowest BCUT2D eigenvalue weighted by molar-refractivity contribution is -0.385. The monoisotopic (exact) mass is 596 g/mol. The second-order valence-corrected chi connectivity index (χ2v) is 9.55. The SMILES string of the molecule is CCOc1cc(/C=C2\SC(=O)N(Cc3c(F)cccc3Cl)C2=O)ccc1Oc1ccc(C(F)(F)F)cc1[N+](=O)[O-]. The third-order valence-corrected chi connectivity index (χ3v) is 6.78. The van der Waals surface area contributed by atoms with Crippen molar-refractivity contribution < 1.29 is 41.5 Å². The highest BCUT2D eigenvalue weighted by molar-refractivity contribution is 8.18. The number of alkyl halides is 3. The van der Waals surface area contributed by atoms with Crippen LogP contribution in [0.25, 0.3) is 6.08 Å². The second-order valence-electron chi connectivity index (χ2n) is 8.15. The predicted octanol–water partition coefficient (Wildman–Crippen LogP) is 7.83. The van der Waals surface area contributed by atoms with E-state index in [1.54, 1.807) is 6.92 Å². The Hall–Kier alpha value is -4.10. The molecular formula is C26H17ClF4N2O6S. The molecule has 3 aromatic carbocycles. The number of hydrogen-bond acceptors (Lipinski definition) is 7. The van der Waals surface area contributed by atoms with Gasteiger partial charge in [-0.05, 0) is 66.7 Å². The average Bonchev–Trinajstić information content (AvgIpc) is 3.14. The number of nitro benzene ring substituents is 1. The van der Waals surface area contributed by atoms with Gasteiger partial charge in [0.05, 0.1) is 28.5 Å². The third-order valence-electron chi connectivity index (χ3n) is 5.52. The van der Waals surface area contributed by atoms with E-state index in [9.17, 15) is 37.3 Å². The molecular weight excluding hydrogens is 580 g/mol. The Bertz CT molecular complexity index is 1530. The quantitative estimate of drug-likeness (QED) is 0.113. The number of imide groups is 1. The van der Waals surface area contributed by atoms with E-state index in [4.69, 9.17) is 21.1 Å². The molecule has 0 aromatic heterocycles. The van der Waals surface area contributed by atoms with Crippen LogP contribution in [0.3, 0.4) is 0 Å². The summed E-state index contributed by atoms with van der Waals surface area (Å²) in [5, 5.41) is 10.8. The number of amides is 2. The van der Waals surface area contributed by atoms with Crippen LogP contribution in [-0.4, -0.2) is 27.6 Å². The van der Waals surface area contributed by atoms with Gasteiger partial charge in [0, 0.05) is 16.7 Å². The van der Waals surface area contributed by atoms with Gasteiger partial charge in [0.15, 0.2) is 11.5 Å². The lowest BCUT2D eigenvalue weighted by atomic mass is 10.1. The first-order chi connectivity index (χ1) is 18.9. The minimum absolute atomic E-state index is 0.00906. The summed E-state index contributed by atoms with van der Waals surface area (Å²) in [5.74, 6) is -1.75. The van der Waals surface area contributed by atoms with Gasteiger partial charge < -0.3 is 9.47 Å². The van der Waals surface area contributed by atoms with Gasteiger partial charge in [-0.15, -0.1) is 0 Å².